The van der Waals surface area contributed by atoms with Crippen LogP contribution in [0.15, 0.2) is 34.2 Å². The third kappa shape index (κ3) is 8.49. The van der Waals surface area contributed by atoms with Gasteiger partial charge in [-0.2, -0.15) is 0 Å². The Kier molecular flexibility index (Phi) is 10.9. The SMILES string of the molecule is CCNC(=NCCc1ccc(S(C)(=O)=O)cc1)N1CCC(CC(=O)NC)CC1.I. The fourth-order valence-corrected chi connectivity index (χ4v) is 3.96. The van der Waals surface area contributed by atoms with Crippen LogP contribution in [-0.4, -0.2) is 64.7 Å². The number of piperidine rings is 1. The Morgan fingerprint density at radius 3 is 2.34 bits per heavy atom. The average molecular weight is 536 g/mol. The van der Waals surface area contributed by atoms with Crippen LogP contribution in [-0.2, 0) is 21.1 Å². The first-order valence-corrected chi connectivity index (χ1v) is 11.8. The molecule has 0 atom stereocenters. The van der Waals surface area contributed by atoms with Crippen molar-refractivity contribution in [2.45, 2.75) is 37.5 Å². The first kappa shape index (κ1) is 25.7. The first-order valence-electron chi connectivity index (χ1n) is 9.86. The fraction of sp³-hybridized carbons (Fsp3) is 0.600. The molecule has 164 valence electrons. The summed E-state index contributed by atoms with van der Waals surface area (Å²) in [4.78, 5) is 18.9. The van der Waals surface area contributed by atoms with E-state index in [4.69, 9.17) is 4.99 Å². The summed E-state index contributed by atoms with van der Waals surface area (Å²) in [6.45, 7) is 5.30. The van der Waals surface area contributed by atoms with Gasteiger partial charge in [0.15, 0.2) is 15.8 Å². The monoisotopic (exact) mass is 536 g/mol. The molecule has 7 nitrogen and oxygen atoms in total. The second kappa shape index (κ2) is 12.4. The Morgan fingerprint density at radius 2 is 1.83 bits per heavy atom. The number of nitrogens with one attached hydrogen (secondary N) is 2. The third-order valence-corrected chi connectivity index (χ3v) is 6.14. The van der Waals surface area contributed by atoms with Crippen molar-refractivity contribution in [3.8, 4) is 0 Å². The molecule has 0 aliphatic carbocycles. The Balaban J connectivity index is 0.00000420. The predicted octanol–water partition coefficient (Wildman–Crippen LogP) is 2.06. The first-order chi connectivity index (χ1) is 13.3. The lowest BCUT2D eigenvalue weighted by Crippen LogP contribution is -2.46. The third-order valence-electron chi connectivity index (χ3n) is 5.02. The normalized spacial score (nSPS) is 15.6. The van der Waals surface area contributed by atoms with Crippen molar-refractivity contribution in [2.24, 2.45) is 10.9 Å². The topological polar surface area (TPSA) is 90.9 Å². The number of benzene rings is 1. The van der Waals surface area contributed by atoms with Gasteiger partial charge in [-0.3, -0.25) is 9.79 Å². The number of nitrogens with zero attached hydrogens (tertiary/aromatic N) is 2. The Bertz CT molecular complexity index is 773. The van der Waals surface area contributed by atoms with E-state index in [9.17, 15) is 13.2 Å². The highest BCUT2D eigenvalue weighted by Gasteiger charge is 2.23. The molecular formula is C20H33IN4O3S. The van der Waals surface area contributed by atoms with E-state index >= 15 is 0 Å². The number of hydrogen-bond acceptors (Lipinski definition) is 4. The molecule has 0 saturated carbocycles. The van der Waals surface area contributed by atoms with Crippen LogP contribution >= 0.6 is 24.0 Å². The molecule has 2 N–H and O–H groups in total. The molecule has 0 spiro atoms. The van der Waals surface area contributed by atoms with Gasteiger partial charge < -0.3 is 15.5 Å². The highest BCUT2D eigenvalue weighted by Crippen LogP contribution is 2.20. The predicted molar refractivity (Wildman–Crippen MR) is 128 cm³/mol. The molecule has 0 aromatic heterocycles. The maximum atomic E-state index is 11.6. The fourth-order valence-electron chi connectivity index (χ4n) is 3.33. The van der Waals surface area contributed by atoms with Crippen molar-refractivity contribution in [2.75, 3.05) is 39.5 Å². The van der Waals surface area contributed by atoms with Crippen molar-refractivity contribution < 1.29 is 13.2 Å². The number of sulfone groups is 1. The number of likely N-dealkylation sites (tertiary alicyclic amines) is 1. The number of halogens is 1. The van der Waals surface area contributed by atoms with Crippen molar-refractivity contribution in [1.29, 1.82) is 0 Å². The van der Waals surface area contributed by atoms with Crippen molar-refractivity contribution in [1.82, 2.24) is 15.5 Å². The Hall–Kier alpha value is -1.36. The molecule has 1 heterocycles. The molecule has 1 amide bonds. The van der Waals surface area contributed by atoms with E-state index in [2.05, 4.69) is 22.5 Å². The van der Waals surface area contributed by atoms with E-state index in [1.807, 2.05) is 12.1 Å². The van der Waals surface area contributed by atoms with Crippen LogP contribution in [0.5, 0.6) is 0 Å². The lowest BCUT2D eigenvalue weighted by Gasteiger charge is -2.34. The van der Waals surface area contributed by atoms with Gasteiger partial charge in [0.25, 0.3) is 0 Å². The van der Waals surface area contributed by atoms with Gasteiger partial charge >= 0.3 is 0 Å². The number of hydrogen-bond donors (Lipinski definition) is 2. The molecule has 1 aliphatic rings. The van der Waals surface area contributed by atoms with Crippen LogP contribution in [0.3, 0.4) is 0 Å². The molecule has 1 aromatic carbocycles. The van der Waals surface area contributed by atoms with Crippen molar-refractivity contribution >= 4 is 45.7 Å². The summed E-state index contributed by atoms with van der Waals surface area (Å²) < 4.78 is 23.1. The van der Waals surface area contributed by atoms with Crippen LogP contribution in [0.25, 0.3) is 0 Å². The summed E-state index contributed by atoms with van der Waals surface area (Å²) in [5, 5.41) is 6.05. The molecule has 0 radical (unpaired) electrons. The zero-order valence-electron chi connectivity index (χ0n) is 17.5. The minimum atomic E-state index is -3.16. The van der Waals surface area contributed by atoms with Crippen molar-refractivity contribution in [3.05, 3.63) is 29.8 Å². The zero-order valence-corrected chi connectivity index (χ0v) is 20.6. The van der Waals surface area contributed by atoms with Crippen LogP contribution in [0, 0.1) is 5.92 Å². The number of carbonyl (C=O) groups is 1. The summed E-state index contributed by atoms with van der Waals surface area (Å²) in [5.41, 5.74) is 1.07. The maximum Gasteiger partial charge on any atom is 0.220 e. The highest BCUT2D eigenvalue weighted by atomic mass is 127. The zero-order chi connectivity index (χ0) is 20.6. The van der Waals surface area contributed by atoms with Crippen molar-refractivity contribution in [3.63, 3.8) is 0 Å². The Labute approximate surface area is 191 Å². The molecule has 9 heteroatoms. The second-order valence-corrected chi connectivity index (χ2v) is 9.23. The Morgan fingerprint density at radius 1 is 1.21 bits per heavy atom. The largest absolute Gasteiger partial charge is 0.359 e. The highest BCUT2D eigenvalue weighted by molar-refractivity contribution is 14.0. The minimum Gasteiger partial charge on any atom is -0.359 e. The summed E-state index contributed by atoms with van der Waals surface area (Å²) in [6, 6.07) is 7.00. The van der Waals surface area contributed by atoms with Gasteiger partial charge in [0.1, 0.15) is 0 Å². The second-order valence-electron chi connectivity index (χ2n) is 7.21. The van der Waals surface area contributed by atoms with Crippen LogP contribution in [0.1, 0.15) is 31.7 Å². The van der Waals surface area contributed by atoms with Gasteiger partial charge in [-0.25, -0.2) is 8.42 Å². The van der Waals surface area contributed by atoms with Gasteiger partial charge in [-0.05, 0) is 49.8 Å². The van der Waals surface area contributed by atoms with E-state index in [-0.39, 0.29) is 29.9 Å². The molecule has 1 aromatic rings. The van der Waals surface area contributed by atoms with E-state index < -0.39 is 9.84 Å². The van der Waals surface area contributed by atoms with Gasteiger partial charge in [0, 0.05) is 45.9 Å². The summed E-state index contributed by atoms with van der Waals surface area (Å²) in [6.07, 6.45) is 4.55. The summed E-state index contributed by atoms with van der Waals surface area (Å²) >= 11 is 0. The lowest BCUT2D eigenvalue weighted by atomic mass is 9.93. The maximum absolute atomic E-state index is 11.6. The number of amides is 1. The minimum absolute atomic E-state index is 0. The number of aliphatic imine (C=N–C) groups is 1. The van der Waals surface area contributed by atoms with Gasteiger partial charge in [0.2, 0.25) is 5.91 Å². The standard InChI is InChI=1S/C20H32N4O3S.HI/c1-4-22-20(24-13-10-17(11-14-24)15-19(25)21-2)23-12-9-16-5-7-18(8-6-16)28(3,26)27;/h5-8,17H,4,9-15H2,1-3H3,(H,21,25)(H,22,23);1H. The molecule has 0 unspecified atom stereocenters. The van der Waals surface area contributed by atoms with Gasteiger partial charge in [0.05, 0.1) is 4.90 Å². The van der Waals surface area contributed by atoms with E-state index in [1.54, 1.807) is 19.2 Å². The van der Waals surface area contributed by atoms with Crippen LogP contribution in [0.4, 0.5) is 0 Å². The van der Waals surface area contributed by atoms with Crippen LogP contribution < -0.4 is 10.6 Å². The van der Waals surface area contributed by atoms with Gasteiger partial charge in [-0.15, -0.1) is 24.0 Å². The lowest BCUT2D eigenvalue weighted by molar-refractivity contribution is -0.121. The number of carbonyl (C=O) groups excluding carboxylic acids is 1. The quantitative estimate of drug-likeness (QED) is 0.317. The van der Waals surface area contributed by atoms with Gasteiger partial charge in [-0.1, -0.05) is 12.1 Å². The molecule has 1 aliphatic heterocycles. The summed E-state index contributed by atoms with van der Waals surface area (Å²) in [5.74, 6) is 1.46. The smallest absolute Gasteiger partial charge is 0.220 e. The molecule has 0 bridgehead atoms. The molecule has 1 fully saturated rings. The van der Waals surface area contributed by atoms with Crippen LogP contribution in [0.2, 0.25) is 0 Å². The average Bonchev–Trinajstić information content (AvgIpc) is 2.67. The number of guanidine groups is 1. The molecule has 2 rings (SSSR count). The van der Waals surface area contributed by atoms with E-state index in [1.165, 1.54) is 6.26 Å². The molecule has 29 heavy (non-hydrogen) atoms. The van der Waals surface area contributed by atoms with E-state index in [0.717, 1.165) is 50.4 Å². The number of rotatable bonds is 7. The molecule has 1 saturated heterocycles. The molecular weight excluding hydrogens is 503 g/mol. The van der Waals surface area contributed by atoms with E-state index in [0.29, 0.717) is 23.8 Å². The summed E-state index contributed by atoms with van der Waals surface area (Å²) in [7, 11) is -1.48.